The molecule has 0 heterocycles. The van der Waals surface area contributed by atoms with Crippen molar-refractivity contribution in [3.8, 4) is 0 Å². The van der Waals surface area contributed by atoms with E-state index in [0.29, 0.717) is 18.1 Å². The molecule has 0 aliphatic carbocycles. The van der Waals surface area contributed by atoms with Crippen LogP contribution in [0.25, 0.3) is 0 Å². The van der Waals surface area contributed by atoms with Gasteiger partial charge in [0.25, 0.3) is 0 Å². The van der Waals surface area contributed by atoms with Crippen LogP contribution in [0.4, 0.5) is 4.79 Å². The second-order valence-electron chi connectivity index (χ2n) is 4.36. The predicted octanol–water partition coefficient (Wildman–Crippen LogP) is 2.09. The molecule has 0 radical (unpaired) electrons. The lowest BCUT2D eigenvalue weighted by Crippen LogP contribution is -2.36. The minimum absolute atomic E-state index is 0.159. The van der Waals surface area contributed by atoms with E-state index in [-0.39, 0.29) is 6.03 Å². The summed E-state index contributed by atoms with van der Waals surface area (Å²) in [6.07, 6.45) is 0.937. The third-order valence-electron chi connectivity index (χ3n) is 2.46. The summed E-state index contributed by atoms with van der Waals surface area (Å²) in [5, 5.41) is 6.26. The van der Waals surface area contributed by atoms with Crippen molar-refractivity contribution in [3.05, 3.63) is 34.9 Å². The van der Waals surface area contributed by atoms with Crippen LogP contribution in [0.1, 0.15) is 12.0 Å². The van der Waals surface area contributed by atoms with Gasteiger partial charge < -0.3 is 15.5 Å². The molecule has 2 amide bonds. The molecule has 4 nitrogen and oxygen atoms in total. The van der Waals surface area contributed by atoms with Crippen LogP contribution in [-0.2, 0) is 6.54 Å². The molecule has 100 valence electrons. The highest BCUT2D eigenvalue weighted by molar-refractivity contribution is 6.31. The zero-order chi connectivity index (χ0) is 13.4. The second-order valence-corrected chi connectivity index (χ2v) is 4.76. The normalized spacial score (nSPS) is 10.4. The highest BCUT2D eigenvalue weighted by Gasteiger charge is 2.02. The number of halogens is 1. The van der Waals surface area contributed by atoms with Gasteiger partial charge in [-0.25, -0.2) is 4.79 Å². The number of amides is 2. The summed E-state index contributed by atoms with van der Waals surface area (Å²) in [5.41, 5.74) is 0.919. The summed E-state index contributed by atoms with van der Waals surface area (Å²) in [5.74, 6) is 0. The Balaban J connectivity index is 2.19. The van der Waals surface area contributed by atoms with Gasteiger partial charge >= 0.3 is 6.03 Å². The molecule has 0 unspecified atom stereocenters. The van der Waals surface area contributed by atoms with E-state index in [0.717, 1.165) is 18.5 Å². The molecule has 0 spiro atoms. The molecule has 0 aromatic heterocycles. The van der Waals surface area contributed by atoms with Crippen molar-refractivity contribution in [2.24, 2.45) is 0 Å². The molecular formula is C13H20ClN3O. The first-order chi connectivity index (χ1) is 8.59. The quantitative estimate of drug-likeness (QED) is 0.777. The van der Waals surface area contributed by atoms with E-state index in [1.807, 2.05) is 38.4 Å². The maximum atomic E-state index is 11.5. The zero-order valence-corrected chi connectivity index (χ0v) is 11.6. The fourth-order valence-electron chi connectivity index (χ4n) is 1.48. The third kappa shape index (κ3) is 5.89. The molecule has 1 aromatic rings. The summed E-state index contributed by atoms with van der Waals surface area (Å²) < 4.78 is 0. The highest BCUT2D eigenvalue weighted by Crippen LogP contribution is 2.13. The van der Waals surface area contributed by atoms with Crippen LogP contribution >= 0.6 is 11.6 Å². The van der Waals surface area contributed by atoms with Crippen LogP contribution in [0.5, 0.6) is 0 Å². The van der Waals surface area contributed by atoms with E-state index < -0.39 is 0 Å². The molecule has 1 aromatic carbocycles. The van der Waals surface area contributed by atoms with Crippen molar-refractivity contribution in [2.45, 2.75) is 13.0 Å². The van der Waals surface area contributed by atoms with Gasteiger partial charge in [-0.1, -0.05) is 29.8 Å². The standard InChI is InChI=1S/C13H20ClN3O/c1-17(2)9-5-8-15-13(18)16-10-11-6-3-4-7-12(11)14/h3-4,6-7H,5,8-10H2,1-2H3,(H2,15,16,18). The molecular weight excluding hydrogens is 250 g/mol. The van der Waals surface area contributed by atoms with Crippen LogP contribution in [0.15, 0.2) is 24.3 Å². The number of carbonyl (C=O) groups is 1. The first kappa shape index (κ1) is 14.8. The van der Waals surface area contributed by atoms with E-state index in [1.165, 1.54) is 0 Å². The van der Waals surface area contributed by atoms with Gasteiger partial charge in [0.1, 0.15) is 0 Å². The Morgan fingerprint density at radius 1 is 1.28 bits per heavy atom. The Labute approximate surface area is 113 Å². The molecule has 18 heavy (non-hydrogen) atoms. The molecule has 2 N–H and O–H groups in total. The van der Waals surface area contributed by atoms with Crippen LogP contribution in [-0.4, -0.2) is 38.1 Å². The van der Waals surface area contributed by atoms with Crippen molar-refractivity contribution in [2.75, 3.05) is 27.2 Å². The molecule has 1 rings (SSSR count). The molecule has 5 heteroatoms. The lowest BCUT2D eigenvalue weighted by molar-refractivity contribution is 0.240. The molecule has 0 aliphatic heterocycles. The maximum absolute atomic E-state index is 11.5. The first-order valence-corrected chi connectivity index (χ1v) is 6.37. The van der Waals surface area contributed by atoms with E-state index in [2.05, 4.69) is 15.5 Å². The predicted molar refractivity (Wildman–Crippen MR) is 74.9 cm³/mol. The monoisotopic (exact) mass is 269 g/mol. The number of benzene rings is 1. The van der Waals surface area contributed by atoms with Gasteiger partial charge in [0.2, 0.25) is 0 Å². The Morgan fingerprint density at radius 2 is 2.00 bits per heavy atom. The third-order valence-corrected chi connectivity index (χ3v) is 2.83. The molecule has 0 fully saturated rings. The Kier molecular flexibility index (Phi) is 6.54. The molecule has 0 saturated heterocycles. The van der Waals surface area contributed by atoms with Gasteiger partial charge in [-0.3, -0.25) is 0 Å². The van der Waals surface area contributed by atoms with Crippen molar-refractivity contribution < 1.29 is 4.79 Å². The fourth-order valence-corrected chi connectivity index (χ4v) is 1.68. The smallest absolute Gasteiger partial charge is 0.315 e. The molecule has 0 saturated carbocycles. The van der Waals surface area contributed by atoms with Crippen molar-refractivity contribution in [3.63, 3.8) is 0 Å². The first-order valence-electron chi connectivity index (χ1n) is 5.99. The van der Waals surface area contributed by atoms with Crippen LogP contribution in [0, 0.1) is 0 Å². The number of carbonyl (C=O) groups excluding carboxylic acids is 1. The van der Waals surface area contributed by atoms with Gasteiger partial charge in [0.05, 0.1) is 0 Å². The van der Waals surface area contributed by atoms with Crippen LogP contribution < -0.4 is 10.6 Å². The molecule has 0 aliphatic rings. The van der Waals surface area contributed by atoms with E-state index in [1.54, 1.807) is 0 Å². The number of hydrogen-bond donors (Lipinski definition) is 2. The highest BCUT2D eigenvalue weighted by atomic mass is 35.5. The summed E-state index contributed by atoms with van der Waals surface area (Å²) in [4.78, 5) is 13.6. The second kappa shape index (κ2) is 7.95. The molecule has 0 bridgehead atoms. The average Bonchev–Trinajstić information content (AvgIpc) is 2.33. The van der Waals surface area contributed by atoms with Gasteiger partial charge in [-0.15, -0.1) is 0 Å². The Hall–Kier alpha value is -1.26. The van der Waals surface area contributed by atoms with Crippen molar-refractivity contribution in [1.29, 1.82) is 0 Å². The summed E-state index contributed by atoms with van der Waals surface area (Å²) >= 11 is 5.99. The minimum Gasteiger partial charge on any atom is -0.338 e. The van der Waals surface area contributed by atoms with Gasteiger partial charge in [-0.05, 0) is 38.7 Å². The number of nitrogens with zero attached hydrogens (tertiary/aromatic N) is 1. The lowest BCUT2D eigenvalue weighted by Gasteiger charge is -2.11. The lowest BCUT2D eigenvalue weighted by atomic mass is 10.2. The van der Waals surface area contributed by atoms with Gasteiger partial charge in [0, 0.05) is 18.1 Å². The van der Waals surface area contributed by atoms with E-state index in [9.17, 15) is 4.79 Å². The van der Waals surface area contributed by atoms with Gasteiger partial charge in [0.15, 0.2) is 0 Å². The summed E-state index contributed by atoms with van der Waals surface area (Å²) in [7, 11) is 4.02. The number of urea groups is 1. The summed E-state index contributed by atoms with van der Waals surface area (Å²) in [6.45, 7) is 2.08. The van der Waals surface area contributed by atoms with Gasteiger partial charge in [-0.2, -0.15) is 0 Å². The van der Waals surface area contributed by atoms with Crippen molar-refractivity contribution in [1.82, 2.24) is 15.5 Å². The zero-order valence-electron chi connectivity index (χ0n) is 10.9. The number of rotatable bonds is 6. The topological polar surface area (TPSA) is 44.4 Å². The average molecular weight is 270 g/mol. The van der Waals surface area contributed by atoms with E-state index in [4.69, 9.17) is 11.6 Å². The fraction of sp³-hybridized carbons (Fsp3) is 0.462. The number of nitrogens with one attached hydrogen (secondary N) is 2. The SMILES string of the molecule is CN(C)CCCNC(=O)NCc1ccccc1Cl. The van der Waals surface area contributed by atoms with Crippen LogP contribution in [0.3, 0.4) is 0 Å². The number of hydrogen-bond acceptors (Lipinski definition) is 2. The Bertz CT molecular complexity index is 382. The summed E-state index contributed by atoms with van der Waals surface area (Å²) in [6, 6.07) is 7.32. The maximum Gasteiger partial charge on any atom is 0.315 e. The largest absolute Gasteiger partial charge is 0.338 e. The van der Waals surface area contributed by atoms with Crippen LogP contribution in [0.2, 0.25) is 5.02 Å². The Morgan fingerprint density at radius 3 is 2.67 bits per heavy atom. The van der Waals surface area contributed by atoms with Crippen molar-refractivity contribution >= 4 is 17.6 Å². The minimum atomic E-state index is -0.159. The molecule has 0 atom stereocenters. The van der Waals surface area contributed by atoms with E-state index >= 15 is 0 Å².